The van der Waals surface area contributed by atoms with Gasteiger partial charge in [0.1, 0.15) is 5.82 Å². The first-order chi connectivity index (χ1) is 16.2. The third kappa shape index (κ3) is 6.86. The minimum atomic E-state index is -0.768. The van der Waals surface area contributed by atoms with E-state index < -0.39 is 6.10 Å². The van der Waals surface area contributed by atoms with Crippen molar-refractivity contribution in [3.8, 4) is 0 Å². The second-order valence-electron chi connectivity index (χ2n) is 8.55. The zero-order chi connectivity index (χ0) is 24.8. The Kier molecular flexibility index (Phi) is 9.62. The molecule has 0 spiro atoms. The van der Waals surface area contributed by atoms with Crippen LogP contribution in [0.15, 0.2) is 39.0 Å². The smallest absolute Gasteiger partial charge is 0.237 e. The summed E-state index contributed by atoms with van der Waals surface area (Å²) in [5.74, 6) is 0.686. The molecule has 0 aromatic heterocycles. The summed E-state index contributed by atoms with van der Waals surface area (Å²) in [5.41, 5.74) is 0.841. The highest BCUT2D eigenvalue weighted by Crippen LogP contribution is 2.27. The Hall–Kier alpha value is -1.84. The number of aliphatic imine (C=N–C) groups is 2. The van der Waals surface area contributed by atoms with Crippen LogP contribution in [0.3, 0.4) is 0 Å². The maximum absolute atomic E-state index is 12.4. The van der Waals surface area contributed by atoms with E-state index in [2.05, 4.69) is 32.7 Å². The number of rotatable bonds is 6. The molecule has 186 valence electrons. The summed E-state index contributed by atoms with van der Waals surface area (Å²) in [6.07, 6.45) is 1.58. The summed E-state index contributed by atoms with van der Waals surface area (Å²) in [7, 11) is 0. The largest absolute Gasteiger partial charge is 0.389 e. The van der Waals surface area contributed by atoms with Crippen molar-refractivity contribution >= 4 is 53.4 Å². The minimum Gasteiger partial charge on any atom is -0.389 e. The van der Waals surface area contributed by atoms with E-state index in [0.29, 0.717) is 39.8 Å². The van der Waals surface area contributed by atoms with Gasteiger partial charge < -0.3 is 26.0 Å². The van der Waals surface area contributed by atoms with Crippen LogP contribution < -0.4 is 16.0 Å². The van der Waals surface area contributed by atoms with Gasteiger partial charge in [-0.25, -0.2) is 4.99 Å². The molecule has 0 saturated carbocycles. The lowest BCUT2D eigenvalue weighted by Gasteiger charge is -2.37. The second kappa shape index (κ2) is 12.2. The van der Waals surface area contributed by atoms with Gasteiger partial charge in [-0.15, -0.1) is 0 Å². The molecule has 1 aromatic rings. The van der Waals surface area contributed by atoms with E-state index in [1.165, 1.54) is 0 Å². The SMILES string of the molecule is C=NC(=N/C(N[C@H](C)c1ccc(Cl)cc1Cl)=C(\C)Cl)N1CC[C@H](NC(=O)[C@H]2CCCN2)[C@@H](O)C1. The fraction of sp³-hybridized carbons (Fsp3) is 0.522. The average molecular weight is 530 g/mol. The van der Waals surface area contributed by atoms with E-state index in [1.807, 2.05) is 17.9 Å². The zero-order valence-electron chi connectivity index (χ0n) is 19.3. The fourth-order valence-electron chi connectivity index (χ4n) is 4.12. The molecule has 0 unspecified atom stereocenters. The van der Waals surface area contributed by atoms with Crippen LogP contribution in [-0.2, 0) is 4.79 Å². The number of nitrogens with one attached hydrogen (secondary N) is 3. The molecule has 2 fully saturated rings. The van der Waals surface area contributed by atoms with E-state index >= 15 is 0 Å². The van der Waals surface area contributed by atoms with Crippen molar-refractivity contribution in [1.29, 1.82) is 0 Å². The molecule has 4 N–H and O–H groups in total. The van der Waals surface area contributed by atoms with Gasteiger partial charge in [0, 0.05) is 23.1 Å². The molecule has 8 nitrogen and oxygen atoms in total. The van der Waals surface area contributed by atoms with Crippen molar-refractivity contribution in [2.45, 2.75) is 57.3 Å². The number of amides is 1. The van der Waals surface area contributed by atoms with Crippen molar-refractivity contribution in [3.63, 3.8) is 0 Å². The lowest BCUT2D eigenvalue weighted by molar-refractivity contribution is -0.124. The van der Waals surface area contributed by atoms with Crippen LogP contribution in [-0.4, -0.2) is 66.4 Å². The van der Waals surface area contributed by atoms with E-state index in [9.17, 15) is 9.90 Å². The van der Waals surface area contributed by atoms with Gasteiger partial charge in [-0.2, -0.15) is 4.99 Å². The van der Waals surface area contributed by atoms with E-state index in [0.717, 1.165) is 24.9 Å². The van der Waals surface area contributed by atoms with Gasteiger partial charge in [0.05, 0.1) is 29.3 Å². The van der Waals surface area contributed by atoms with Gasteiger partial charge in [-0.1, -0.05) is 40.9 Å². The Morgan fingerprint density at radius 3 is 2.71 bits per heavy atom. The topological polar surface area (TPSA) is 101 Å². The van der Waals surface area contributed by atoms with E-state index in [4.69, 9.17) is 34.8 Å². The van der Waals surface area contributed by atoms with Gasteiger partial charge in [0.15, 0.2) is 0 Å². The van der Waals surface area contributed by atoms with E-state index in [1.54, 1.807) is 19.1 Å². The average Bonchev–Trinajstić information content (AvgIpc) is 3.33. The Morgan fingerprint density at radius 2 is 2.12 bits per heavy atom. The van der Waals surface area contributed by atoms with Gasteiger partial charge in [0.2, 0.25) is 11.9 Å². The summed E-state index contributed by atoms with van der Waals surface area (Å²) in [4.78, 5) is 22.9. The van der Waals surface area contributed by atoms with Gasteiger partial charge in [-0.05, 0) is 64.1 Å². The molecule has 1 aromatic carbocycles. The highest BCUT2D eigenvalue weighted by molar-refractivity contribution is 6.35. The van der Waals surface area contributed by atoms with Gasteiger partial charge >= 0.3 is 0 Å². The second-order valence-corrected chi connectivity index (χ2v) is 9.96. The molecule has 4 atom stereocenters. The molecule has 11 heteroatoms. The summed E-state index contributed by atoms with van der Waals surface area (Å²) in [6.45, 7) is 8.95. The molecular formula is C23H31Cl3N6O2. The van der Waals surface area contributed by atoms with Crippen molar-refractivity contribution in [2.24, 2.45) is 9.98 Å². The number of carbonyl (C=O) groups is 1. The quantitative estimate of drug-likeness (QED) is 0.334. The first-order valence-corrected chi connectivity index (χ1v) is 12.4. The Morgan fingerprint density at radius 1 is 1.35 bits per heavy atom. The number of halogens is 3. The molecule has 2 aliphatic rings. The summed E-state index contributed by atoms with van der Waals surface area (Å²) >= 11 is 18.7. The summed E-state index contributed by atoms with van der Waals surface area (Å²) in [6, 6.07) is 4.58. The summed E-state index contributed by atoms with van der Waals surface area (Å²) < 4.78 is 0. The van der Waals surface area contributed by atoms with Crippen molar-refractivity contribution in [2.75, 3.05) is 19.6 Å². The number of carbonyl (C=O) groups excluding carboxylic acids is 1. The van der Waals surface area contributed by atoms with Gasteiger partial charge in [-0.3, -0.25) is 4.79 Å². The van der Waals surface area contributed by atoms with Crippen molar-refractivity contribution in [1.82, 2.24) is 20.9 Å². The maximum atomic E-state index is 12.4. The Labute approximate surface area is 215 Å². The maximum Gasteiger partial charge on any atom is 0.237 e. The number of benzene rings is 1. The van der Waals surface area contributed by atoms with Crippen LogP contribution in [0.4, 0.5) is 0 Å². The predicted molar refractivity (Wildman–Crippen MR) is 139 cm³/mol. The Balaban J connectivity index is 1.67. The molecule has 3 rings (SSSR count). The minimum absolute atomic E-state index is 0.0623. The number of piperidine rings is 1. The number of guanidine groups is 1. The first-order valence-electron chi connectivity index (χ1n) is 11.3. The predicted octanol–water partition coefficient (Wildman–Crippen LogP) is 3.43. The molecule has 0 radical (unpaired) electrons. The molecule has 0 aliphatic carbocycles. The first kappa shape index (κ1) is 26.8. The van der Waals surface area contributed by atoms with Crippen molar-refractivity contribution < 1.29 is 9.90 Å². The molecule has 34 heavy (non-hydrogen) atoms. The standard InChI is InChI=1S/C23H31Cl3N6O2/c1-13(24)21(29-14(2)16-7-6-15(25)11-17(16)26)31-23(27-3)32-10-8-18(20(33)12-32)30-22(34)19-5-4-9-28-19/h6-7,11,14,18-20,28-29,33H,3-5,8-10,12H2,1-2H3,(H,30,34)/b21-13+,31-23?/t14-,18+,19-,20+/m1/s1. The molecular weight excluding hydrogens is 499 g/mol. The monoisotopic (exact) mass is 528 g/mol. The third-order valence-corrected chi connectivity index (χ3v) is 6.77. The lowest BCUT2D eigenvalue weighted by Crippen LogP contribution is -2.57. The normalized spacial score (nSPS) is 24.9. The fourth-order valence-corrected chi connectivity index (χ4v) is 4.79. The van der Waals surface area contributed by atoms with Crippen LogP contribution in [0.25, 0.3) is 0 Å². The lowest BCUT2D eigenvalue weighted by atomic mass is 10.0. The highest BCUT2D eigenvalue weighted by Gasteiger charge is 2.32. The number of aliphatic hydroxyl groups is 1. The van der Waals surface area contributed by atoms with Crippen LogP contribution >= 0.6 is 34.8 Å². The number of likely N-dealkylation sites (tertiary alicyclic amines) is 1. The van der Waals surface area contributed by atoms with Crippen LogP contribution in [0, 0.1) is 0 Å². The molecule has 0 bridgehead atoms. The number of hydrogen-bond donors (Lipinski definition) is 4. The number of aliphatic hydroxyl groups excluding tert-OH is 1. The van der Waals surface area contributed by atoms with Gasteiger partial charge in [0.25, 0.3) is 0 Å². The molecule has 2 heterocycles. The molecule has 2 saturated heterocycles. The van der Waals surface area contributed by atoms with Crippen LogP contribution in [0.1, 0.15) is 44.7 Å². The molecule has 2 aliphatic heterocycles. The summed E-state index contributed by atoms with van der Waals surface area (Å²) in [5, 5.41) is 21.6. The number of hydrogen-bond acceptors (Lipinski definition) is 5. The van der Waals surface area contributed by atoms with E-state index in [-0.39, 0.29) is 30.6 Å². The zero-order valence-corrected chi connectivity index (χ0v) is 21.6. The van der Waals surface area contributed by atoms with Crippen molar-refractivity contribution in [3.05, 3.63) is 44.7 Å². The van der Waals surface area contributed by atoms with Crippen LogP contribution in [0.5, 0.6) is 0 Å². The number of nitrogens with zero attached hydrogens (tertiary/aromatic N) is 3. The Bertz CT molecular complexity index is 960. The third-order valence-electron chi connectivity index (χ3n) is 6.03. The number of allylic oxidation sites excluding steroid dienone is 1. The van der Waals surface area contributed by atoms with Crippen LogP contribution in [0.2, 0.25) is 10.0 Å². The number of β-amino-alcohol motifs (C(OH)–C–C–N with tert-alkyl or cyclic N) is 1. The highest BCUT2D eigenvalue weighted by atomic mass is 35.5. The molecule has 1 amide bonds.